The van der Waals surface area contributed by atoms with Crippen LogP contribution in [0.1, 0.15) is 28.2 Å². The number of aromatic nitrogens is 5. The van der Waals surface area contributed by atoms with E-state index in [1.165, 1.54) is 0 Å². The maximum absolute atomic E-state index is 5.92. The molecule has 5 aromatic rings. The van der Waals surface area contributed by atoms with E-state index in [-0.39, 0.29) is 0 Å². The lowest BCUT2D eigenvalue weighted by atomic mass is 10.1. The van der Waals surface area contributed by atoms with Crippen LogP contribution in [0, 0.1) is 0 Å². The van der Waals surface area contributed by atoms with Crippen molar-refractivity contribution in [2.75, 3.05) is 0 Å². The van der Waals surface area contributed by atoms with Crippen molar-refractivity contribution >= 4 is 23.1 Å². The molecule has 0 bridgehead atoms. The molecule has 6 heteroatoms. The minimum atomic E-state index is 0.438. The van der Waals surface area contributed by atoms with Crippen molar-refractivity contribution in [3.05, 3.63) is 113 Å². The molecule has 1 N–H and O–H groups in total. The van der Waals surface area contributed by atoms with Gasteiger partial charge in [0.1, 0.15) is 12.4 Å². The minimum Gasteiger partial charge on any atom is -0.487 e. The number of fused-ring (bicyclic) bond motifs is 1. The van der Waals surface area contributed by atoms with E-state index in [2.05, 4.69) is 68.1 Å². The molecule has 0 amide bonds. The molecule has 2 aromatic heterocycles. The molecule has 0 aliphatic rings. The number of benzene rings is 3. The van der Waals surface area contributed by atoms with Gasteiger partial charge >= 0.3 is 0 Å². The molecule has 0 radical (unpaired) electrons. The summed E-state index contributed by atoms with van der Waals surface area (Å²) in [6.45, 7) is 0.438. The second kappa shape index (κ2) is 9.22. The van der Waals surface area contributed by atoms with Gasteiger partial charge in [0, 0.05) is 11.8 Å². The number of ether oxygens (including phenoxy) is 1. The third-order valence-corrected chi connectivity index (χ3v) is 5.10. The van der Waals surface area contributed by atoms with E-state index in [4.69, 9.17) is 4.74 Å². The fraction of sp³-hybridized carbons (Fsp3) is 0.0769. The first-order valence-electron chi connectivity index (χ1n) is 10.4. The number of hydrogen-bond donors (Lipinski definition) is 1. The zero-order chi connectivity index (χ0) is 21.6. The summed E-state index contributed by atoms with van der Waals surface area (Å²) in [4.78, 5) is 4.65. The molecule has 32 heavy (non-hydrogen) atoms. The van der Waals surface area contributed by atoms with Gasteiger partial charge in [-0.05, 0) is 51.4 Å². The Bertz CT molecular complexity index is 1340. The normalized spacial score (nSPS) is 11.2. The van der Waals surface area contributed by atoms with Gasteiger partial charge in [-0.25, -0.2) is 10.1 Å². The number of nitrogens with one attached hydrogen (secondary N) is 1. The van der Waals surface area contributed by atoms with Crippen LogP contribution in [0.2, 0.25) is 0 Å². The second-order valence-electron chi connectivity index (χ2n) is 7.46. The molecular weight excluding hydrogens is 398 g/mol. The Hall–Kier alpha value is -4.32. The Labute approximate surface area is 185 Å². The number of pyridine rings is 1. The molecule has 5 rings (SSSR count). The average molecular weight is 419 g/mol. The summed E-state index contributed by atoms with van der Waals surface area (Å²) in [7, 11) is 0. The Morgan fingerprint density at radius 2 is 1.69 bits per heavy atom. The van der Waals surface area contributed by atoms with Gasteiger partial charge < -0.3 is 4.74 Å². The molecule has 0 aliphatic carbocycles. The summed E-state index contributed by atoms with van der Waals surface area (Å²) in [5, 5.41) is 15.1. The van der Waals surface area contributed by atoms with E-state index in [1.807, 2.05) is 54.6 Å². The summed E-state index contributed by atoms with van der Waals surface area (Å²) < 4.78 is 5.92. The topological polar surface area (TPSA) is 76.6 Å². The fourth-order valence-electron chi connectivity index (χ4n) is 3.47. The highest BCUT2D eigenvalue weighted by atomic mass is 16.5. The monoisotopic (exact) mass is 419 g/mol. The summed E-state index contributed by atoms with van der Waals surface area (Å²) in [5.41, 5.74) is 5.27. The quantitative estimate of drug-likeness (QED) is 0.372. The number of hydrogen-bond acceptors (Lipinski definition) is 5. The third kappa shape index (κ3) is 4.87. The van der Waals surface area contributed by atoms with Crippen molar-refractivity contribution in [3.63, 3.8) is 0 Å². The molecule has 0 aliphatic heterocycles. The number of nitrogens with zero attached hydrogens (tertiary/aromatic N) is 4. The van der Waals surface area contributed by atoms with Crippen LogP contribution >= 0.6 is 0 Å². The van der Waals surface area contributed by atoms with Crippen molar-refractivity contribution in [1.82, 2.24) is 25.6 Å². The summed E-state index contributed by atoms with van der Waals surface area (Å²) in [6.07, 6.45) is 4.85. The summed E-state index contributed by atoms with van der Waals surface area (Å²) >= 11 is 0. The highest BCUT2D eigenvalue weighted by Crippen LogP contribution is 2.18. The fourth-order valence-corrected chi connectivity index (χ4v) is 3.47. The zero-order valence-corrected chi connectivity index (χ0v) is 17.3. The van der Waals surface area contributed by atoms with Crippen LogP contribution in [0.4, 0.5) is 0 Å². The molecule has 0 unspecified atom stereocenters. The lowest BCUT2D eigenvalue weighted by molar-refractivity contribution is 0.302. The molecule has 3 aromatic carbocycles. The van der Waals surface area contributed by atoms with Crippen LogP contribution in [0.3, 0.4) is 0 Å². The van der Waals surface area contributed by atoms with E-state index >= 15 is 0 Å². The van der Waals surface area contributed by atoms with Gasteiger partial charge in [0.2, 0.25) is 0 Å². The zero-order valence-electron chi connectivity index (χ0n) is 17.3. The van der Waals surface area contributed by atoms with Crippen LogP contribution in [-0.4, -0.2) is 25.6 Å². The summed E-state index contributed by atoms with van der Waals surface area (Å²) in [6, 6.07) is 28.5. The largest absolute Gasteiger partial charge is 0.487 e. The molecule has 0 atom stereocenters. The van der Waals surface area contributed by atoms with Gasteiger partial charge in [0.05, 0.1) is 11.2 Å². The highest BCUT2D eigenvalue weighted by Gasteiger charge is 2.02. The predicted molar refractivity (Wildman–Crippen MR) is 125 cm³/mol. The van der Waals surface area contributed by atoms with Crippen molar-refractivity contribution < 1.29 is 4.74 Å². The lowest BCUT2D eigenvalue weighted by Crippen LogP contribution is -1.98. The average Bonchev–Trinajstić information content (AvgIpc) is 3.35. The van der Waals surface area contributed by atoms with Crippen LogP contribution in [0.5, 0.6) is 5.75 Å². The number of tetrazole rings is 1. The Balaban J connectivity index is 1.20. The molecule has 0 saturated heterocycles. The van der Waals surface area contributed by atoms with Crippen molar-refractivity contribution in [1.29, 1.82) is 0 Å². The van der Waals surface area contributed by atoms with Crippen LogP contribution in [0.15, 0.2) is 84.9 Å². The van der Waals surface area contributed by atoms with Gasteiger partial charge in [-0.2, -0.15) is 0 Å². The van der Waals surface area contributed by atoms with Crippen molar-refractivity contribution in [3.8, 4) is 5.75 Å². The number of para-hydroxylation sites is 1. The highest BCUT2D eigenvalue weighted by molar-refractivity contribution is 5.78. The Morgan fingerprint density at radius 1 is 0.812 bits per heavy atom. The van der Waals surface area contributed by atoms with Gasteiger partial charge in [-0.1, -0.05) is 72.8 Å². The summed E-state index contributed by atoms with van der Waals surface area (Å²) in [5.74, 6) is 1.57. The predicted octanol–water partition coefficient (Wildman–Crippen LogP) is 5.09. The number of rotatable bonds is 7. The molecule has 0 fully saturated rings. The van der Waals surface area contributed by atoms with Gasteiger partial charge in [0.25, 0.3) is 0 Å². The van der Waals surface area contributed by atoms with Gasteiger partial charge in [-0.15, -0.1) is 5.10 Å². The third-order valence-electron chi connectivity index (χ3n) is 5.10. The molecule has 0 saturated carbocycles. The molecule has 156 valence electrons. The van der Waals surface area contributed by atoms with E-state index in [9.17, 15) is 0 Å². The Kier molecular flexibility index (Phi) is 5.66. The molecule has 6 nitrogen and oxygen atoms in total. The number of H-pyrrole nitrogens is 1. The molecule has 0 spiro atoms. The van der Waals surface area contributed by atoms with E-state index in [0.717, 1.165) is 44.9 Å². The number of aromatic amines is 1. The van der Waals surface area contributed by atoms with Crippen LogP contribution in [-0.2, 0) is 13.0 Å². The van der Waals surface area contributed by atoms with Crippen LogP contribution < -0.4 is 4.74 Å². The van der Waals surface area contributed by atoms with Crippen molar-refractivity contribution in [2.24, 2.45) is 0 Å². The van der Waals surface area contributed by atoms with E-state index in [0.29, 0.717) is 13.0 Å². The van der Waals surface area contributed by atoms with Gasteiger partial charge in [-0.3, -0.25) is 0 Å². The standard InChI is InChI=1S/C26H21N5O/c1-2-7-25-22(6-1)12-13-23(27-25)18-32-24-14-10-19(11-15-24)8-9-20-4-3-5-21(16-20)17-26-28-30-31-29-26/h1-16H,17-18H2,(H,28,29,30,31). The first-order valence-corrected chi connectivity index (χ1v) is 10.4. The maximum Gasteiger partial charge on any atom is 0.152 e. The second-order valence-corrected chi connectivity index (χ2v) is 7.46. The van der Waals surface area contributed by atoms with Gasteiger partial charge in [0.15, 0.2) is 5.82 Å². The smallest absolute Gasteiger partial charge is 0.152 e. The van der Waals surface area contributed by atoms with E-state index < -0.39 is 0 Å². The molecule has 2 heterocycles. The van der Waals surface area contributed by atoms with E-state index in [1.54, 1.807) is 0 Å². The first-order chi connectivity index (χ1) is 15.8. The minimum absolute atomic E-state index is 0.438. The van der Waals surface area contributed by atoms with Crippen molar-refractivity contribution in [2.45, 2.75) is 13.0 Å². The lowest BCUT2D eigenvalue weighted by Gasteiger charge is -2.07. The first kappa shape index (κ1) is 19.6. The van der Waals surface area contributed by atoms with Crippen LogP contribution in [0.25, 0.3) is 23.1 Å². The molecular formula is C26H21N5O. The Morgan fingerprint density at radius 3 is 2.56 bits per heavy atom. The maximum atomic E-state index is 5.92. The SMILES string of the molecule is C(=Cc1cccc(Cc2nnn[nH]2)c1)c1ccc(OCc2ccc3ccccc3n2)cc1.